The highest BCUT2D eigenvalue weighted by molar-refractivity contribution is 9.10. The van der Waals surface area contributed by atoms with Crippen molar-refractivity contribution in [1.29, 1.82) is 0 Å². The smallest absolute Gasteiger partial charge is 0.0332 e. The molecule has 1 unspecified atom stereocenters. The van der Waals surface area contributed by atoms with Crippen LogP contribution in [-0.2, 0) is 0 Å². The number of nitrogens with one attached hydrogen (secondary N) is 1. The number of nitrogens with zero attached hydrogens (tertiary/aromatic N) is 1. The predicted octanol–water partition coefficient (Wildman–Crippen LogP) is 4.32. The van der Waals surface area contributed by atoms with Gasteiger partial charge in [0.15, 0.2) is 0 Å². The Morgan fingerprint density at radius 2 is 2.05 bits per heavy atom. The number of thioether (sulfide) groups is 1. The number of hydrogen-bond donors (Lipinski definition) is 1. The molecular weight excluding hydrogens is 344 g/mol. The molecular formula is C17H27BrN2S. The second kappa shape index (κ2) is 9.88. The van der Waals surface area contributed by atoms with Crippen molar-refractivity contribution in [2.45, 2.75) is 32.2 Å². The molecule has 1 heterocycles. The molecule has 0 radical (unpaired) electrons. The molecule has 1 aliphatic rings. The van der Waals surface area contributed by atoms with Crippen LogP contribution in [-0.4, -0.2) is 42.6 Å². The first-order valence-electron chi connectivity index (χ1n) is 8.08. The third kappa shape index (κ3) is 6.31. The third-order valence-corrected chi connectivity index (χ3v) is 5.54. The molecule has 1 atom stereocenters. The summed E-state index contributed by atoms with van der Waals surface area (Å²) in [6, 6.07) is 9.27. The van der Waals surface area contributed by atoms with Crippen LogP contribution in [0.2, 0.25) is 0 Å². The summed E-state index contributed by atoms with van der Waals surface area (Å²) in [5, 5.41) is 3.71. The van der Waals surface area contributed by atoms with E-state index in [0.717, 1.165) is 11.0 Å². The highest BCUT2D eigenvalue weighted by Gasteiger charge is 2.14. The lowest BCUT2D eigenvalue weighted by Gasteiger charge is -2.24. The topological polar surface area (TPSA) is 15.3 Å². The molecule has 0 spiro atoms. The Morgan fingerprint density at radius 1 is 1.24 bits per heavy atom. The Balaban J connectivity index is 1.90. The Bertz CT molecular complexity index is 388. The zero-order valence-electron chi connectivity index (χ0n) is 13.0. The van der Waals surface area contributed by atoms with Crippen LogP contribution in [0.15, 0.2) is 28.7 Å². The predicted molar refractivity (Wildman–Crippen MR) is 98.2 cm³/mol. The average Bonchev–Trinajstić information content (AvgIpc) is 2.77. The van der Waals surface area contributed by atoms with E-state index in [2.05, 4.69) is 69.1 Å². The molecule has 118 valence electrons. The fourth-order valence-corrected chi connectivity index (χ4v) is 3.92. The van der Waals surface area contributed by atoms with Crippen LogP contribution >= 0.6 is 27.7 Å². The van der Waals surface area contributed by atoms with Gasteiger partial charge in [-0.1, -0.05) is 35.0 Å². The number of rotatable bonds is 7. The molecule has 1 aromatic rings. The van der Waals surface area contributed by atoms with E-state index in [4.69, 9.17) is 0 Å². The molecule has 1 fully saturated rings. The SMILES string of the molecule is CCCNC(CCN1CCCSCC1)c1ccc(Br)cc1. The molecule has 0 aliphatic carbocycles. The van der Waals surface area contributed by atoms with Gasteiger partial charge in [-0.05, 0) is 62.3 Å². The van der Waals surface area contributed by atoms with Crippen molar-refractivity contribution in [3.05, 3.63) is 34.3 Å². The fourth-order valence-electron chi connectivity index (χ4n) is 2.73. The molecule has 21 heavy (non-hydrogen) atoms. The van der Waals surface area contributed by atoms with Gasteiger partial charge >= 0.3 is 0 Å². The molecule has 1 N–H and O–H groups in total. The second-order valence-electron chi connectivity index (χ2n) is 5.65. The van der Waals surface area contributed by atoms with Gasteiger partial charge in [-0.3, -0.25) is 0 Å². The van der Waals surface area contributed by atoms with Crippen LogP contribution in [0.3, 0.4) is 0 Å². The Kier molecular flexibility index (Phi) is 8.15. The van der Waals surface area contributed by atoms with E-state index >= 15 is 0 Å². The lowest BCUT2D eigenvalue weighted by molar-refractivity contribution is 0.275. The van der Waals surface area contributed by atoms with E-state index in [9.17, 15) is 0 Å². The van der Waals surface area contributed by atoms with E-state index in [-0.39, 0.29) is 0 Å². The summed E-state index contributed by atoms with van der Waals surface area (Å²) in [7, 11) is 0. The summed E-state index contributed by atoms with van der Waals surface area (Å²) in [5.41, 5.74) is 1.41. The van der Waals surface area contributed by atoms with E-state index in [0.29, 0.717) is 6.04 Å². The van der Waals surface area contributed by atoms with Crippen molar-refractivity contribution >= 4 is 27.7 Å². The molecule has 2 nitrogen and oxygen atoms in total. The molecule has 1 aromatic carbocycles. The van der Waals surface area contributed by atoms with Crippen LogP contribution in [0.4, 0.5) is 0 Å². The average molecular weight is 371 g/mol. The molecule has 0 saturated carbocycles. The quantitative estimate of drug-likeness (QED) is 0.769. The molecule has 0 aromatic heterocycles. The van der Waals surface area contributed by atoms with Gasteiger partial charge in [-0.2, -0.15) is 11.8 Å². The number of hydrogen-bond acceptors (Lipinski definition) is 3. The second-order valence-corrected chi connectivity index (χ2v) is 7.79. The summed E-state index contributed by atoms with van der Waals surface area (Å²) >= 11 is 5.63. The lowest BCUT2D eigenvalue weighted by Crippen LogP contribution is -2.31. The molecule has 1 aliphatic heterocycles. The Hall–Kier alpha value is -0.0300. The standard InChI is InChI=1S/C17H27BrN2S/c1-2-9-19-17(15-4-6-16(18)7-5-15)8-11-20-10-3-13-21-14-12-20/h4-7,17,19H,2-3,8-14H2,1H3. The normalized spacial score (nSPS) is 18.4. The summed E-state index contributed by atoms with van der Waals surface area (Å²) in [6.45, 7) is 7.06. The molecule has 4 heteroatoms. The van der Waals surface area contributed by atoms with E-state index in [1.807, 2.05) is 0 Å². The summed E-state index contributed by atoms with van der Waals surface area (Å²) in [6.07, 6.45) is 3.73. The zero-order chi connectivity index (χ0) is 14.9. The Morgan fingerprint density at radius 3 is 2.81 bits per heavy atom. The van der Waals surface area contributed by atoms with Gasteiger partial charge < -0.3 is 10.2 Å². The first-order valence-corrected chi connectivity index (χ1v) is 10.0. The maximum atomic E-state index is 3.71. The zero-order valence-corrected chi connectivity index (χ0v) is 15.4. The largest absolute Gasteiger partial charge is 0.310 e. The van der Waals surface area contributed by atoms with Crippen LogP contribution in [0.25, 0.3) is 0 Å². The van der Waals surface area contributed by atoms with Crippen molar-refractivity contribution in [2.24, 2.45) is 0 Å². The minimum Gasteiger partial charge on any atom is -0.310 e. The molecule has 1 saturated heterocycles. The van der Waals surface area contributed by atoms with E-state index in [1.165, 1.54) is 56.0 Å². The van der Waals surface area contributed by atoms with Crippen molar-refractivity contribution in [3.63, 3.8) is 0 Å². The first kappa shape index (κ1) is 17.3. The monoisotopic (exact) mass is 370 g/mol. The van der Waals surface area contributed by atoms with Crippen molar-refractivity contribution in [1.82, 2.24) is 10.2 Å². The lowest BCUT2D eigenvalue weighted by atomic mass is 10.0. The molecule has 0 amide bonds. The van der Waals surface area contributed by atoms with Crippen LogP contribution in [0, 0.1) is 0 Å². The minimum absolute atomic E-state index is 0.481. The van der Waals surface area contributed by atoms with Gasteiger partial charge in [0.05, 0.1) is 0 Å². The van der Waals surface area contributed by atoms with Gasteiger partial charge in [0, 0.05) is 22.8 Å². The van der Waals surface area contributed by atoms with Crippen LogP contribution < -0.4 is 5.32 Å². The van der Waals surface area contributed by atoms with Crippen molar-refractivity contribution < 1.29 is 0 Å². The van der Waals surface area contributed by atoms with Crippen LogP contribution in [0.1, 0.15) is 37.8 Å². The number of halogens is 1. The highest BCUT2D eigenvalue weighted by atomic mass is 79.9. The van der Waals surface area contributed by atoms with Crippen molar-refractivity contribution in [2.75, 3.05) is 37.7 Å². The van der Waals surface area contributed by atoms with Gasteiger partial charge in [0.2, 0.25) is 0 Å². The maximum Gasteiger partial charge on any atom is 0.0332 e. The van der Waals surface area contributed by atoms with Gasteiger partial charge in [-0.25, -0.2) is 0 Å². The Labute approximate surface area is 142 Å². The van der Waals surface area contributed by atoms with Crippen LogP contribution in [0.5, 0.6) is 0 Å². The van der Waals surface area contributed by atoms with Crippen molar-refractivity contribution in [3.8, 4) is 0 Å². The summed E-state index contributed by atoms with van der Waals surface area (Å²) < 4.78 is 1.16. The molecule has 0 bridgehead atoms. The fraction of sp³-hybridized carbons (Fsp3) is 0.647. The minimum atomic E-state index is 0.481. The highest BCUT2D eigenvalue weighted by Crippen LogP contribution is 2.21. The number of benzene rings is 1. The summed E-state index contributed by atoms with van der Waals surface area (Å²) in [4.78, 5) is 2.64. The maximum absolute atomic E-state index is 3.71. The van der Waals surface area contributed by atoms with Gasteiger partial charge in [0.25, 0.3) is 0 Å². The third-order valence-electron chi connectivity index (χ3n) is 3.96. The van der Waals surface area contributed by atoms with E-state index in [1.54, 1.807) is 0 Å². The van der Waals surface area contributed by atoms with E-state index < -0.39 is 0 Å². The van der Waals surface area contributed by atoms with Gasteiger partial charge in [-0.15, -0.1) is 0 Å². The molecule has 2 rings (SSSR count). The first-order chi connectivity index (χ1) is 10.3. The van der Waals surface area contributed by atoms with Gasteiger partial charge in [0.1, 0.15) is 0 Å². The summed E-state index contributed by atoms with van der Waals surface area (Å²) in [5.74, 6) is 2.63.